The molecule has 0 N–H and O–H groups in total. The van der Waals surface area contributed by atoms with Gasteiger partial charge >= 0.3 is 0 Å². The van der Waals surface area contributed by atoms with E-state index in [1.807, 2.05) is 6.08 Å². The molecule has 0 spiro atoms. The SMILES string of the molecule is C=C/C=C(CC)/C(=N\C1=CC(F)CC1)c1cc(C)cc2c1oc1c(C)cccc12. The molecule has 148 valence electrons. The van der Waals surface area contributed by atoms with Crippen molar-refractivity contribution in [3.63, 3.8) is 0 Å². The van der Waals surface area contributed by atoms with Crippen LogP contribution < -0.4 is 0 Å². The van der Waals surface area contributed by atoms with E-state index in [9.17, 15) is 4.39 Å². The van der Waals surface area contributed by atoms with E-state index in [-0.39, 0.29) is 0 Å². The number of nitrogens with zero attached hydrogens (tertiary/aromatic N) is 1. The minimum atomic E-state index is -0.908. The Morgan fingerprint density at radius 3 is 2.76 bits per heavy atom. The lowest BCUT2D eigenvalue weighted by Gasteiger charge is -2.12. The molecule has 0 bridgehead atoms. The number of aliphatic imine (C=N–C) groups is 1. The number of fused-ring (bicyclic) bond motifs is 3. The molecule has 0 saturated heterocycles. The van der Waals surface area contributed by atoms with E-state index < -0.39 is 6.17 Å². The van der Waals surface area contributed by atoms with Gasteiger partial charge in [0.15, 0.2) is 0 Å². The highest BCUT2D eigenvalue weighted by Gasteiger charge is 2.21. The van der Waals surface area contributed by atoms with Crippen LogP contribution in [0.5, 0.6) is 0 Å². The molecule has 1 aliphatic rings. The molecule has 3 aromatic rings. The number of hydrogen-bond donors (Lipinski definition) is 0. The van der Waals surface area contributed by atoms with Gasteiger partial charge in [0.25, 0.3) is 0 Å². The lowest BCUT2D eigenvalue weighted by molar-refractivity contribution is 0.395. The Morgan fingerprint density at radius 1 is 1.24 bits per heavy atom. The first kappa shape index (κ1) is 19.4. The van der Waals surface area contributed by atoms with Crippen LogP contribution in [-0.2, 0) is 0 Å². The number of hydrogen-bond acceptors (Lipinski definition) is 2. The van der Waals surface area contributed by atoms with Crippen molar-refractivity contribution in [2.24, 2.45) is 4.99 Å². The third-order valence-corrected chi connectivity index (χ3v) is 5.50. The monoisotopic (exact) mass is 387 g/mol. The van der Waals surface area contributed by atoms with Crippen LogP contribution in [0.2, 0.25) is 0 Å². The minimum Gasteiger partial charge on any atom is -0.455 e. The third-order valence-electron chi connectivity index (χ3n) is 5.50. The molecular formula is C26H26FNO. The first-order valence-corrected chi connectivity index (χ1v) is 10.2. The van der Waals surface area contributed by atoms with Crippen LogP contribution in [0, 0.1) is 13.8 Å². The molecular weight excluding hydrogens is 361 g/mol. The summed E-state index contributed by atoms with van der Waals surface area (Å²) in [7, 11) is 0. The van der Waals surface area contributed by atoms with Crippen molar-refractivity contribution >= 4 is 27.7 Å². The second-order valence-corrected chi connectivity index (χ2v) is 7.70. The minimum absolute atomic E-state index is 0.506. The molecule has 1 atom stereocenters. The number of para-hydroxylation sites is 1. The van der Waals surface area contributed by atoms with E-state index in [4.69, 9.17) is 9.41 Å². The lowest BCUT2D eigenvalue weighted by atomic mass is 9.95. The van der Waals surface area contributed by atoms with Crippen LogP contribution in [-0.4, -0.2) is 11.9 Å². The van der Waals surface area contributed by atoms with Gasteiger partial charge in [0.1, 0.15) is 17.3 Å². The summed E-state index contributed by atoms with van der Waals surface area (Å²) in [6.45, 7) is 10.1. The maximum absolute atomic E-state index is 13.8. The van der Waals surface area contributed by atoms with Gasteiger partial charge in [-0.05, 0) is 68.0 Å². The number of benzene rings is 2. The Balaban J connectivity index is 2.04. The summed E-state index contributed by atoms with van der Waals surface area (Å²) in [5.41, 5.74) is 7.65. The Labute approximate surface area is 171 Å². The van der Waals surface area contributed by atoms with Crippen molar-refractivity contribution in [1.29, 1.82) is 0 Å². The summed E-state index contributed by atoms with van der Waals surface area (Å²) in [5, 5.41) is 2.20. The van der Waals surface area contributed by atoms with E-state index in [1.54, 1.807) is 12.2 Å². The molecule has 0 aliphatic heterocycles. The fourth-order valence-corrected chi connectivity index (χ4v) is 4.07. The summed E-state index contributed by atoms with van der Waals surface area (Å²) in [5.74, 6) is 0. The van der Waals surface area contributed by atoms with Crippen molar-refractivity contribution in [2.75, 3.05) is 0 Å². The van der Waals surface area contributed by atoms with Gasteiger partial charge in [-0.15, -0.1) is 0 Å². The zero-order valence-electron chi connectivity index (χ0n) is 17.3. The standard InChI is InChI=1S/C26H26FNO/c1-5-8-18(6-2)24(28-20-12-11-19(27)15-20)23-14-16(3)13-22-21-10-7-9-17(4)25(21)29-26(22)23/h5,7-10,13-15,19H,1,6,11-12H2,2-4H3/b18-8+,28-24+. The van der Waals surface area contributed by atoms with E-state index in [1.165, 1.54) is 0 Å². The quantitative estimate of drug-likeness (QED) is 0.328. The molecule has 1 heterocycles. The average Bonchev–Trinajstić information content (AvgIpc) is 3.28. The summed E-state index contributed by atoms with van der Waals surface area (Å²) in [6, 6.07) is 10.5. The number of alkyl halides is 1. The van der Waals surface area contributed by atoms with E-state index >= 15 is 0 Å². The Kier molecular flexibility index (Phi) is 5.23. The van der Waals surface area contributed by atoms with Gasteiger partial charge in [0.2, 0.25) is 0 Å². The largest absolute Gasteiger partial charge is 0.455 e. The summed E-state index contributed by atoms with van der Waals surface area (Å²) < 4.78 is 20.1. The first-order chi connectivity index (χ1) is 14.0. The fourth-order valence-electron chi connectivity index (χ4n) is 4.07. The first-order valence-electron chi connectivity index (χ1n) is 10.2. The van der Waals surface area contributed by atoms with Crippen LogP contribution >= 0.6 is 0 Å². The number of halogens is 1. The zero-order valence-corrected chi connectivity index (χ0v) is 17.3. The molecule has 0 amide bonds. The molecule has 1 unspecified atom stereocenters. The zero-order chi connectivity index (χ0) is 20.5. The molecule has 0 saturated carbocycles. The van der Waals surface area contributed by atoms with Gasteiger partial charge in [-0.25, -0.2) is 4.39 Å². The smallest absolute Gasteiger partial charge is 0.144 e. The molecule has 0 radical (unpaired) electrons. The maximum Gasteiger partial charge on any atom is 0.144 e. The van der Waals surface area contributed by atoms with Crippen LogP contribution in [0.25, 0.3) is 21.9 Å². The van der Waals surface area contributed by atoms with Gasteiger partial charge < -0.3 is 4.42 Å². The molecule has 2 nitrogen and oxygen atoms in total. The summed E-state index contributed by atoms with van der Waals surface area (Å²) in [4.78, 5) is 4.93. The maximum atomic E-state index is 13.8. The normalized spacial score (nSPS) is 17.9. The second-order valence-electron chi connectivity index (χ2n) is 7.70. The van der Waals surface area contributed by atoms with E-state index in [2.05, 4.69) is 57.7 Å². The lowest BCUT2D eigenvalue weighted by Crippen LogP contribution is -2.06. The fraction of sp³-hybridized carbons (Fsp3) is 0.269. The van der Waals surface area contributed by atoms with Crippen LogP contribution in [0.15, 0.2) is 75.8 Å². The van der Waals surface area contributed by atoms with Crippen molar-refractivity contribution < 1.29 is 8.81 Å². The topological polar surface area (TPSA) is 25.5 Å². The van der Waals surface area contributed by atoms with Gasteiger partial charge in [-0.2, -0.15) is 0 Å². The summed E-state index contributed by atoms with van der Waals surface area (Å²) >= 11 is 0. The van der Waals surface area contributed by atoms with Gasteiger partial charge in [-0.3, -0.25) is 4.99 Å². The predicted octanol–water partition coefficient (Wildman–Crippen LogP) is 7.53. The molecule has 3 heteroatoms. The van der Waals surface area contributed by atoms with Crippen molar-refractivity contribution in [3.05, 3.63) is 83.1 Å². The Morgan fingerprint density at radius 2 is 2.07 bits per heavy atom. The Hall–Kier alpha value is -2.94. The van der Waals surface area contributed by atoms with Crippen molar-refractivity contribution in [1.82, 2.24) is 0 Å². The molecule has 29 heavy (non-hydrogen) atoms. The van der Waals surface area contributed by atoms with E-state index in [0.717, 1.165) is 62.0 Å². The van der Waals surface area contributed by atoms with Crippen molar-refractivity contribution in [3.8, 4) is 0 Å². The molecule has 4 rings (SSSR count). The van der Waals surface area contributed by atoms with Crippen LogP contribution in [0.3, 0.4) is 0 Å². The molecule has 2 aromatic carbocycles. The number of allylic oxidation sites excluding steroid dienone is 5. The molecule has 1 aliphatic carbocycles. The number of rotatable bonds is 5. The predicted molar refractivity (Wildman–Crippen MR) is 121 cm³/mol. The van der Waals surface area contributed by atoms with Crippen molar-refractivity contribution in [2.45, 2.75) is 46.2 Å². The Bertz CT molecular complexity index is 1190. The average molecular weight is 387 g/mol. The molecule has 0 fully saturated rings. The number of furan rings is 1. The van der Waals surface area contributed by atoms with Crippen LogP contribution in [0.4, 0.5) is 4.39 Å². The second kappa shape index (κ2) is 7.82. The van der Waals surface area contributed by atoms with Gasteiger partial charge in [0.05, 0.1) is 5.71 Å². The third kappa shape index (κ3) is 3.57. The highest BCUT2D eigenvalue weighted by Crippen LogP contribution is 2.35. The summed E-state index contributed by atoms with van der Waals surface area (Å²) in [6.07, 6.45) is 6.46. The van der Waals surface area contributed by atoms with Crippen LogP contribution in [0.1, 0.15) is 42.9 Å². The number of aryl methyl sites for hydroxylation is 2. The van der Waals surface area contributed by atoms with Gasteiger partial charge in [0, 0.05) is 22.0 Å². The molecule has 1 aromatic heterocycles. The highest BCUT2D eigenvalue weighted by atomic mass is 19.1. The van der Waals surface area contributed by atoms with Gasteiger partial charge in [-0.1, -0.05) is 43.9 Å². The highest BCUT2D eigenvalue weighted by molar-refractivity contribution is 6.21. The van der Waals surface area contributed by atoms with E-state index in [0.29, 0.717) is 12.8 Å².